The summed E-state index contributed by atoms with van der Waals surface area (Å²) in [7, 11) is 0. The molecule has 0 unspecified atom stereocenters. The SMILES string of the molecule is [Se]=C(Nc1ccccc1)c1ccccc1. The van der Waals surface area contributed by atoms with Crippen LogP contribution in [0.2, 0.25) is 0 Å². The number of benzene rings is 2. The van der Waals surface area contributed by atoms with Crippen molar-refractivity contribution in [1.82, 2.24) is 0 Å². The number of rotatable bonds is 3. The van der Waals surface area contributed by atoms with Crippen molar-refractivity contribution in [2.24, 2.45) is 0 Å². The molecule has 15 heavy (non-hydrogen) atoms. The van der Waals surface area contributed by atoms with Gasteiger partial charge in [-0.2, -0.15) is 0 Å². The van der Waals surface area contributed by atoms with E-state index in [1.807, 2.05) is 48.5 Å². The van der Waals surface area contributed by atoms with Crippen LogP contribution in [0.3, 0.4) is 0 Å². The molecule has 0 amide bonds. The van der Waals surface area contributed by atoms with Gasteiger partial charge in [-0.15, -0.1) is 0 Å². The summed E-state index contributed by atoms with van der Waals surface area (Å²) in [6.07, 6.45) is 0. The van der Waals surface area contributed by atoms with Gasteiger partial charge < -0.3 is 0 Å². The Labute approximate surface area is 97.5 Å². The van der Waals surface area contributed by atoms with Gasteiger partial charge in [0.15, 0.2) is 0 Å². The van der Waals surface area contributed by atoms with Crippen LogP contribution in [0.1, 0.15) is 5.56 Å². The van der Waals surface area contributed by atoms with E-state index in [0.29, 0.717) is 0 Å². The molecule has 0 heterocycles. The van der Waals surface area contributed by atoms with E-state index in [1.165, 1.54) is 5.56 Å². The summed E-state index contributed by atoms with van der Waals surface area (Å²) in [5.74, 6) is 0. The molecule has 0 aliphatic carbocycles. The molecule has 0 aromatic heterocycles. The van der Waals surface area contributed by atoms with Gasteiger partial charge in [-0.25, -0.2) is 0 Å². The van der Waals surface area contributed by atoms with Crippen LogP contribution >= 0.6 is 0 Å². The van der Waals surface area contributed by atoms with Crippen molar-refractivity contribution in [3.63, 3.8) is 0 Å². The minimum atomic E-state index is 1.04. The van der Waals surface area contributed by atoms with E-state index in [0.717, 1.165) is 10.2 Å². The van der Waals surface area contributed by atoms with Crippen LogP contribution in [-0.4, -0.2) is 20.1 Å². The molecule has 0 fully saturated rings. The summed E-state index contributed by atoms with van der Waals surface area (Å²) < 4.78 is 1.04. The van der Waals surface area contributed by atoms with E-state index >= 15 is 0 Å². The van der Waals surface area contributed by atoms with Crippen LogP contribution in [0, 0.1) is 0 Å². The number of hydrogen-bond acceptors (Lipinski definition) is 1. The van der Waals surface area contributed by atoms with Crippen molar-refractivity contribution in [3.05, 3.63) is 66.2 Å². The third-order valence-corrected chi connectivity index (χ3v) is 2.78. The molecule has 1 N–H and O–H groups in total. The Balaban J connectivity index is 2.12. The molecule has 0 saturated heterocycles. The van der Waals surface area contributed by atoms with Crippen molar-refractivity contribution in [1.29, 1.82) is 0 Å². The number of nitrogens with one attached hydrogen (secondary N) is 1. The zero-order valence-corrected chi connectivity index (χ0v) is 9.89. The first-order valence-corrected chi connectivity index (χ1v) is 5.63. The monoisotopic (exact) mass is 261 g/mol. The first kappa shape index (κ1) is 10.2. The second-order valence-corrected chi connectivity index (χ2v) is 4.04. The zero-order chi connectivity index (χ0) is 10.5. The van der Waals surface area contributed by atoms with Crippen LogP contribution in [0.25, 0.3) is 0 Å². The topological polar surface area (TPSA) is 12.0 Å². The van der Waals surface area contributed by atoms with E-state index in [4.69, 9.17) is 0 Å². The Kier molecular flexibility index (Phi) is 3.33. The van der Waals surface area contributed by atoms with Crippen molar-refractivity contribution >= 4 is 25.8 Å². The molecular formula is C13H11NSe. The molecule has 0 aliphatic rings. The van der Waals surface area contributed by atoms with Gasteiger partial charge in [-0.3, -0.25) is 0 Å². The molecule has 0 saturated carbocycles. The van der Waals surface area contributed by atoms with E-state index in [9.17, 15) is 0 Å². The predicted molar refractivity (Wildman–Crippen MR) is 66.4 cm³/mol. The fourth-order valence-electron chi connectivity index (χ4n) is 1.31. The van der Waals surface area contributed by atoms with Gasteiger partial charge >= 0.3 is 97.3 Å². The average Bonchev–Trinajstić information content (AvgIpc) is 2.31. The van der Waals surface area contributed by atoms with Crippen molar-refractivity contribution in [3.8, 4) is 0 Å². The molecule has 0 spiro atoms. The van der Waals surface area contributed by atoms with Gasteiger partial charge in [0, 0.05) is 0 Å². The molecule has 0 aliphatic heterocycles. The van der Waals surface area contributed by atoms with Gasteiger partial charge in [0.1, 0.15) is 0 Å². The first-order valence-electron chi connectivity index (χ1n) is 4.78. The van der Waals surface area contributed by atoms with Gasteiger partial charge in [0.2, 0.25) is 0 Å². The minimum absolute atomic E-state index is 1.04. The van der Waals surface area contributed by atoms with Crippen LogP contribution in [0.5, 0.6) is 0 Å². The molecule has 0 atom stereocenters. The number of para-hydroxylation sites is 1. The summed E-state index contributed by atoms with van der Waals surface area (Å²) >= 11 is 3.05. The third-order valence-electron chi connectivity index (χ3n) is 2.07. The summed E-state index contributed by atoms with van der Waals surface area (Å²) in [5.41, 5.74) is 2.26. The van der Waals surface area contributed by atoms with Gasteiger partial charge in [0.25, 0.3) is 0 Å². The van der Waals surface area contributed by atoms with Crippen LogP contribution in [0.15, 0.2) is 60.7 Å². The van der Waals surface area contributed by atoms with Crippen molar-refractivity contribution in [2.75, 3.05) is 5.32 Å². The Morgan fingerprint density at radius 1 is 0.800 bits per heavy atom. The summed E-state index contributed by atoms with van der Waals surface area (Å²) in [5, 5.41) is 3.32. The van der Waals surface area contributed by atoms with Gasteiger partial charge in [-0.05, 0) is 0 Å². The summed E-state index contributed by atoms with van der Waals surface area (Å²) in [4.78, 5) is 0. The molecule has 2 heteroatoms. The first-order chi connectivity index (χ1) is 7.36. The Bertz CT molecular complexity index is 437. The van der Waals surface area contributed by atoms with E-state index in [2.05, 4.69) is 33.0 Å². The molecule has 2 aromatic carbocycles. The second-order valence-electron chi connectivity index (χ2n) is 3.19. The molecule has 2 aromatic rings. The quantitative estimate of drug-likeness (QED) is 0.836. The Hall–Kier alpha value is -1.37. The number of hydrogen-bond donors (Lipinski definition) is 1. The molecule has 0 bridgehead atoms. The summed E-state index contributed by atoms with van der Waals surface area (Å²) in [6, 6.07) is 20.3. The van der Waals surface area contributed by atoms with E-state index in [1.54, 1.807) is 0 Å². The zero-order valence-electron chi connectivity index (χ0n) is 8.18. The van der Waals surface area contributed by atoms with E-state index in [-0.39, 0.29) is 0 Å². The van der Waals surface area contributed by atoms with Crippen molar-refractivity contribution < 1.29 is 0 Å². The fraction of sp³-hybridized carbons (Fsp3) is 0. The number of anilines is 1. The molecule has 74 valence electrons. The van der Waals surface area contributed by atoms with Gasteiger partial charge in [-0.1, -0.05) is 0 Å². The van der Waals surface area contributed by atoms with Crippen LogP contribution < -0.4 is 5.32 Å². The van der Waals surface area contributed by atoms with E-state index < -0.39 is 0 Å². The standard InChI is InChI=1S/C13H11NSe/c15-13(11-7-3-1-4-8-11)14-12-9-5-2-6-10-12/h1-10H,(H,14,15). The molecule has 1 nitrogen and oxygen atoms in total. The molecule has 0 radical (unpaired) electrons. The normalized spacial score (nSPS) is 9.60. The van der Waals surface area contributed by atoms with Crippen LogP contribution in [0.4, 0.5) is 5.69 Å². The third kappa shape index (κ3) is 2.79. The van der Waals surface area contributed by atoms with Crippen molar-refractivity contribution in [2.45, 2.75) is 0 Å². The molecular weight excluding hydrogens is 249 g/mol. The van der Waals surface area contributed by atoms with Gasteiger partial charge in [0.05, 0.1) is 0 Å². The Morgan fingerprint density at radius 2 is 1.33 bits per heavy atom. The molecule has 2 rings (SSSR count). The fourth-order valence-corrected chi connectivity index (χ4v) is 1.85. The Morgan fingerprint density at radius 3 is 1.93 bits per heavy atom. The second kappa shape index (κ2) is 4.92. The average molecular weight is 260 g/mol. The van der Waals surface area contributed by atoms with Crippen LogP contribution in [-0.2, 0) is 0 Å². The maximum absolute atomic E-state index is 3.32. The predicted octanol–water partition coefficient (Wildman–Crippen LogP) is 2.45. The maximum atomic E-state index is 3.32. The summed E-state index contributed by atoms with van der Waals surface area (Å²) in [6.45, 7) is 0.